The Hall–Kier alpha value is -3.35. The Morgan fingerprint density at radius 3 is 2.12 bits per heavy atom. The van der Waals surface area contributed by atoms with Crippen LogP contribution in [0.2, 0.25) is 0 Å². The second kappa shape index (κ2) is 11.5. The number of rotatable bonds is 8. The number of benzene rings is 2. The molecule has 7 nitrogen and oxygen atoms in total. The largest absolute Gasteiger partial charge is 0.368 e. The number of hydrogen-bond acceptors (Lipinski definition) is 4. The lowest BCUT2D eigenvalue weighted by Crippen LogP contribution is -2.48. The molecule has 1 fully saturated rings. The highest BCUT2D eigenvalue weighted by atomic mass is 16.2. The number of anilines is 2. The van der Waals surface area contributed by atoms with Crippen LogP contribution in [0.4, 0.5) is 11.4 Å². The van der Waals surface area contributed by atoms with Gasteiger partial charge in [-0.1, -0.05) is 31.5 Å². The van der Waals surface area contributed by atoms with Crippen LogP contribution in [-0.4, -0.2) is 66.8 Å². The van der Waals surface area contributed by atoms with Crippen molar-refractivity contribution < 1.29 is 14.4 Å². The topological polar surface area (TPSA) is 73.0 Å². The standard InChI is InChI=1S/C26H34N4O3/c1-4-14-30(25(32)5-2)19-24(31)27-22-10-12-23(13-11-22)28-15-17-29(18-16-28)26(33)21-8-6-20(3)7-9-21/h6-13H,4-5,14-19H2,1-3H3,(H,27,31). The maximum atomic E-state index is 12.7. The van der Waals surface area contributed by atoms with Crippen molar-refractivity contribution in [2.24, 2.45) is 0 Å². The average molecular weight is 451 g/mol. The molecule has 2 aromatic carbocycles. The van der Waals surface area contributed by atoms with Crippen molar-refractivity contribution in [2.45, 2.75) is 33.6 Å². The molecule has 33 heavy (non-hydrogen) atoms. The zero-order valence-electron chi connectivity index (χ0n) is 19.8. The van der Waals surface area contributed by atoms with E-state index in [9.17, 15) is 14.4 Å². The fourth-order valence-electron chi connectivity index (χ4n) is 3.96. The molecule has 7 heteroatoms. The summed E-state index contributed by atoms with van der Waals surface area (Å²) in [7, 11) is 0. The van der Waals surface area contributed by atoms with Gasteiger partial charge in [0, 0.05) is 56.1 Å². The zero-order chi connectivity index (χ0) is 23.8. The molecule has 1 saturated heterocycles. The Balaban J connectivity index is 1.51. The van der Waals surface area contributed by atoms with E-state index in [0.29, 0.717) is 31.7 Å². The van der Waals surface area contributed by atoms with E-state index in [2.05, 4.69) is 10.2 Å². The van der Waals surface area contributed by atoms with Crippen molar-refractivity contribution in [1.29, 1.82) is 0 Å². The predicted octanol–water partition coefficient (Wildman–Crippen LogP) is 3.54. The number of piperazine rings is 1. The van der Waals surface area contributed by atoms with Crippen LogP contribution in [0, 0.1) is 6.92 Å². The highest BCUT2D eigenvalue weighted by molar-refractivity contribution is 5.95. The SMILES string of the molecule is CCCN(CC(=O)Nc1ccc(N2CCN(C(=O)c3ccc(C)cc3)CC2)cc1)C(=O)CC. The molecule has 0 spiro atoms. The van der Waals surface area contributed by atoms with Crippen molar-refractivity contribution in [3.63, 3.8) is 0 Å². The molecule has 1 aliphatic heterocycles. The monoisotopic (exact) mass is 450 g/mol. The zero-order valence-corrected chi connectivity index (χ0v) is 19.8. The van der Waals surface area contributed by atoms with Crippen LogP contribution in [-0.2, 0) is 9.59 Å². The van der Waals surface area contributed by atoms with Gasteiger partial charge in [0.1, 0.15) is 0 Å². The van der Waals surface area contributed by atoms with Gasteiger partial charge in [-0.3, -0.25) is 14.4 Å². The fraction of sp³-hybridized carbons (Fsp3) is 0.423. The Morgan fingerprint density at radius 2 is 1.55 bits per heavy atom. The molecule has 0 radical (unpaired) electrons. The molecule has 176 valence electrons. The molecule has 1 aliphatic rings. The first kappa shape index (κ1) is 24.3. The van der Waals surface area contributed by atoms with Gasteiger partial charge in [-0.05, 0) is 49.7 Å². The minimum Gasteiger partial charge on any atom is -0.368 e. The quantitative estimate of drug-likeness (QED) is 0.668. The molecule has 3 rings (SSSR count). The lowest BCUT2D eigenvalue weighted by molar-refractivity contribution is -0.134. The van der Waals surface area contributed by atoms with Crippen molar-refractivity contribution in [2.75, 3.05) is 49.5 Å². The summed E-state index contributed by atoms with van der Waals surface area (Å²) < 4.78 is 0. The van der Waals surface area contributed by atoms with E-state index in [0.717, 1.165) is 36.3 Å². The number of amides is 3. The summed E-state index contributed by atoms with van der Waals surface area (Å²) in [4.78, 5) is 42.8. The van der Waals surface area contributed by atoms with Crippen LogP contribution in [0.25, 0.3) is 0 Å². The first-order valence-corrected chi connectivity index (χ1v) is 11.7. The lowest BCUT2D eigenvalue weighted by Gasteiger charge is -2.36. The Kier molecular flexibility index (Phi) is 8.46. The van der Waals surface area contributed by atoms with Crippen LogP contribution in [0.15, 0.2) is 48.5 Å². The molecule has 3 amide bonds. The van der Waals surface area contributed by atoms with Gasteiger partial charge in [0.15, 0.2) is 0 Å². The summed E-state index contributed by atoms with van der Waals surface area (Å²) in [6.45, 7) is 9.32. The highest BCUT2D eigenvalue weighted by Crippen LogP contribution is 2.20. The first-order valence-electron chi connectivity index (χ1n) is 11.7. The Labute approximate surface area is 196 Å². The molecule has 0 saturated carbocycles. The summed E-state index contributed by atoms with van der Waals surface area (Å²) in [5.74, 6) is -0.130. The van der Waals surface area contributed by atoms with E-state index < -0.39 is 0 Å². The number of hydrogen-bond donors (Lipinski definition) is 1. The number of carbonyl (C=O) groups excluding carboxylic acids is 3. The van der Waals surface area contributed by atoms with Crippen LogP contribution in [0.5, 0.6) is 0 Å². The van der Waals surface area contributed by atoms with Gasteiger partial charge in [0.05, 0.1) is 6.54 Å². The Bertz CT molecular complexity index is 949. The van der Waals surface area contributed by atoms with Crippen LogP contribution < -0.4 is 10.2 Å². The van der Waals surface area contributed by atoms with Gasteiger partial charge < -0.3 is 20.0 Å². The van der Waals surface area contributed by atoms with E-state index in [4.69, 9.17) is 0 Å². The van der Waals surface area contributed by atoms with Gasteiger partial charge in [-0.2, -0.15) is 0 Å². The molecular formula is C26H34N4O3. The van der Waals surface area contributed by atoms with Gasteiger partial charge in [0.2, 0.25) is 11.8 Å². The van der Waals surface area contributed by atoms with Crippen LogP contribution in [0.1, 0.15) is 42.6 Å². The van der Waals surface area contributed by atoms with Crippen molar-refractivity contribution in [1.82, 2.24) is 9.80 Å². The summed E-state index contributed by atoms with van der Waals surface area (Å²) in [6, 6.07) is 15.4. The third kappa shape index (κ3) is 6.57. The number of nitrogens with one attached hydrogen (secondary N) is 1. The maximum absolute atomic E-state index is 12.7. The van der Waals surface area contributed by atoms with Crippen LogP contribution >= 0.6 is 0 Å². The average Bonchev–Trinajstić information content (AvgIpc) is 2.84. The highest BCUT2D eigenvalue weighted by Gasteiger charge is 2.22. The molecule has 2 aromatic rings. The molecule has 1 N–H and O–H groups in total. The van der Waals surface area contributed by atoms with Crippen LogP contribution in [0.3, 0.4) is 0 Å². The maximum Gasteiger partial charge on any atom is 0.253 e. The third-order valence-corrected chi connectivity index (χ3v) is 5.86. The molecule has 1 heterocycles. The fourth-order valence-corrected chi connectivity index (χ4v) is 3.96. The van der Waals surface area contributed by atoms with Crippen molar-refractivity contribution >= 4 is 29.1 Å². The van der Waals surface area contributed by atoms with Gasteiger partial charge in [0.25, 0.3) is 5.91 Å². The van der Waals surface area contributed by atoms with E-state index in [1.54, 1.807) is 11.8 Å². The minimum atomic E-state index is -0.193. The molecule has 0 unspecified atom stereocenters. The second-order valence-corrected chi connectivity index (χ2v) is 8.41. The third-order valence-electron chi connectivity index (χ3n) is 5.86. The minimum absolute atomic E-state index is 0.0117. The Morgan fingerprint density at radius 1 is 0.909 bits per heavy atom. The molecule has 0 bridgehead atoms. The van der Waals surface area contributed by atoms with Crippen molar-refractivity contribution in [3.05, 3.63) is 59.7 Å². The van der Waals surface area contributed by atoms with Gasteiger partial charge in [-0.15, -0.1) is 0 Å². The van der Waals surface area contributed by atoms with E-state index >= 15 is 0 Å². The molecule has 0 aliphatic carbocycles. The van der Waals surface area contributed by atoms with Gasteiger partial charge >= 0.3 is 0 Å². The van der Waals surface area contributed by atoms with Crippen molar-refractivity contribution in [3.8, 4) is 0 Å². The predicted molar refractivity (Wildman–Crippen MR) is 132 cm³/mol. The summed E-state index contributed by atoms with van der Waals surface area (Å²) in [5, 5.41) is 2.88. The van der Waals surface area contributed by atoms with E-state index in [1.165, 1.54) is 0 Å². The molecular weight excluding hydrogens is 416 g/mol. The number of carbonyl (C=O) groups is 3. The van der Waals surface area contributed by atoms with E-state index in [1.807, 2.05) is 67.3 Å². The molecule has 0 aromatic heterocycles. The summed E-state index contributed by atoms with van der Waals surface area (Å²) in [6.07, 6.45) is 1.21. The molecule has 0 atom stereocenters. The lowest BCUT2D eigenvalue weighted by atomic mass is 10.1. The smallest absolute Gasteiger partial charge is 0.253 e. The van der Waals surface area contributed by atoms with Gasteiger partial charge in [-0.25, -0.2) is 0 Å². The number of aryl methyl sites for hydroxylation is 1. The second-order valence-electron chi connectivity index (χ2n) is 8.41. The summed E-state index contributed by atoms with van der Waals surface area (Å²) in [5.41, 5.74) is 3.64. The van der Waals surface area contributed by atoms with E-state index in [-0.39, 0.29) is 24.3 Å². The normalized spacial score (nSPS) is 13.5. The summed E-state index contributed by atoms with van der Waals surface area (Å²) >= 11 is 0. The number of nitrogens with zero attached hydrogens (tertiary/aromatic N) is 3. The first-order chi connectivity index (χ1) is 15.9.